The van der Waals surface area contributed by atoms with E-state index in [4.69, 9.17) is 4.74 Å². The molecule has 8 heteroatoms. The molecule has 1 aliphatic rings. The Kier molecular flexibility index (Phi) is 5.88. The molecule has 0 spiro atoms. The fourth-order valence-electron chi connectivity index (χ4n) is 4.33. The van der Waals surface area contributed by atoms with E-state index < -0.39 is 0 Å². The number of ether oxygens (including phenoxy) is 1. The minimum Gasteiger partial charge on any atom is -0.497 e. The van der Waals surface area contributed by atoms with E-state index >= 15 is 0 Å². The van der Waals surface area contributed by atoms with Crippen molar-refractivity contribution in [2.45, 2.75) is 32.2 Å². The van der Waals surface area contributed by atoms with E-state index in [1.54, 1.807) is 56.9 Å². The van der Waals surface area contributed by atoms with Crippen LogP contribution >= 0.6 is 0 Å². The van der Waals surface area contributed by atoms with Gasteiger partial charge in [0.1, 0.15) is 5.75 Å². The zero-order valence-electron chi connectivity index (χ0n) is 17.7. The van der Waals surface area contributed by atoms with Crippen LogP contribution in [0.3, 0.4) is 0 Å². The summed E-state index contributed by atoms with van der Waals surface area (Å²) in [5.41, 5.74) is 0.710. The van der Waals surface area contributed by atoms with Crippen LogP contribution in [0.5, 0.6) is 5.75 Å². The van der Waals surface area contributed by atoms with E-state index in [-0.39, 0.29) is 29.0 Å². The van der Waals surface area contributed by atoms with Gasteiger partial charge in [-0.1, -0.05) is 0 Å². The predicted octanol–water partition coefficient (Wildman–Crippen LogP) is 2.55. The number of aryl methyl sites for hydroxylation is 1. The highest BCUT2D eigenvalue weighted by atomic mass is 16.5. The average Bonchev–Trinajstić information content (AvgIpc) is 2.81. The number of aromatic nitrogens is 3. The highest BCUT2D eigenvalue weighted by Crippen LogP contribution is 2.30. The second kappa shape index (κ2) is 8.75. The van der Waals surface area contributed by atoms with Crippen LogP contribution in [-0.4, -0.2) is 27.1 Å². The van der Waals surface area contributed by atoms with Gasteiger partial charge in [0.05, 0.1) is 18.0 Å². The number of fused-ring (bicyclic) bond motifs is 1. The van der Waals surface area contributed by atoms with Crippen LogP contribution < -0.4 is 21.3 Å². The lowest BCUT2D eigenvalue weighted by atomic mass is 9.81. The summed E-state index contributed by atoms with van der Waals surface area (Å²) in [6.07, 6.45) is 6.34. The number of anilines is 1. The van der Waals surface area contributed by atoms with Crippen molar-refractivity contribution in [3.63, 3.8) is 0 Å². The van der Waals surface area contributed by atoms with Crippen molar-refractivity contribution in [3.05, 3.63) is 63.6 Å². The molecule has 2 heterocycles. The van der Waals surface area contributed by atoms with Gasteiger partial charge in [-0.15, -0.1) is 0 Å². The Labute approximate surface area is 179 Å². The minimum absolute atomic E-state index is 0.00975. The predicted molar refractivity (Wildman–Crippen MR) is 118 cm³/mol. The van der Waals surface area contributed by atoms with E-state index in [0.29, 0.717) is 23.2 Å². The topological polar surface area (TPSA) is 95.2 Å². The summed E-state index contributed by atoms with van der Waals surface area (Å²) in [5.74, 6) is 0.703. The first-order valence-electron chi connectivity index (χ1n) is 10.5. The Morgan fingerprint density at radius 3 is 2.52 bits per heavy atom. The summed E-state index contributed by atoms with van der Waals surface area (Å²) in [7, 11) is 3.22. The molecule has 3 aromatic rings. The number of rotatable bonds is 5. The molecule has 1 N–H and O–H groups in total. The van der Waals surface area contributed by atoms with Crippen LogP contribution in [-0.2, 0) is 18.4 Å². The molecular formula is C23H26N4O4. The number of nitrogens with one attached hydrogen (secondary N) is 1. The summed E-state index contributed by atoms with van der Waals surface area (Å²) in [4.78, 5) is 42.4. The third-order valence-corrected chi connectivity index (χ3v) is 6.16. The molecule has 1 amide bonds. The molecule has 162 valence electrons. The van der Waals surface area contributed by atoms with Gasteiger partial charge >= 0.3 is 5.69 Å². The van der Waals surface area contributed by atoms with Gasteiger partial charge < -0.3 is 10.1 Å². The molecule has 0 unspecified atom stereocenters. The highest BCUT2D eigenvalue weighted by Gasteiger charge is 2.27. The van der Waals surface area contributed by atoms with Gasteiger partial charge in [0.15, 0.2) is 0 Å². The van der Waals surface area contributed by atoms with Gasteiger partial charge in [0, 0.05) is 37.6 Å². The number of carbonyl (C=O) groups excluding carboxylic acids is 1. The molecule has 0 radical (unpaired) electrons. The molecule has 0 bridgehead atoms. The molecule has 0 saturated heterocycles. The summed E-state index contributed by atoms with van der Waals surface area (Å²) in [5, 5.41) is 3.40. The van der Waals surface area contributed by atoms with Gasteiger partial charge in [0.25, 0.3) is 5.56 Å². The monoisotopic (exact) mass is 422 g/mol. The highest BCUT2D eigenvalue weighted by molar-refractivity contribution is 5.92. The van der Waals surface area contributed by atoms with E-state index in [0.717, 1.165) is 31.4 Å². The number of benzene rings is 1. The molecule has 1 aliphatic carbocycles. The number of amides is 1. The Hall–Kier alpha value is -3.42. The van der Waals surface area contributed by atoms with Crippen LogP contribution in [0.4, 0.5) is 5.69 Å². The van der Waals surface area contributed by atoms with E-state index in [9.17, 15) is 14.4 Å². The summed E-state index contributed by atoms with van der Waals surface area (Å²) >= 11 is 0. The van der Waals surface area contributed by atoms with Crippen molar-refractivity contribution >= 4 is 22.5 Å². The van der Waals surface area contributed by atoms with Gasteiger partial charge in [0.2, 0.25) is 5.91 Å². The fourth-order valence-corrected chi connectivity index (χ4v) is 4.33. The quantitative estimate of drug-likeness (QED) is 0.682. The zero-order chi connectivity index (χ0) is 22.0. The van der Waals surface area contributed by atoms with Crippen LogP contribution in [0.1, 0.15) is 25.7 Å². The first-order chi connectivity index (χ1) is 15.0. The van der Waals surface area contributed by atoms with Gasteiger partial charge in [-0.3, -0.25) is 23.7 Å². The zero-order valence-corrected chi connectivity index (χ0v) is 17.7. The third kappa shape index (κ3) is 4.23. The lowest BCUT2D eigenvalue weighted by Crippen LogP contribution is -2.41. The molecule has 1 fully saturated rings. The fraction of sp³-hybridized carbons (Fsp3) is 0.391. The molecule has 8 nitrogen and oxygen atoms in total. The Morgan fingerprint density at radius 2 is 1.84 bits per heavy atom. The third-order valence-electron chi connectivity index (χ3n) is 6.16. The van der Waals surface area contributed by atoms with Crippen molar-refractivity contribution < 1.29 is 9.53 Å². The molecule has 1 saturated carbocycles. The smallest absolute Gasteiger partial charge is 0.331 e. The number of pyridine rings is 1. The summed E-state index contributed by atoms with van der Waals surface area (Å²) in [6.45, 7) is 0.358. The number of hydrogen-bond acceptors (Lipinski definition) is 5. The van der Waals surface area contributed by atoms with Gasteiger partial charge in [-0.2, -0.15) is 0 Å². The van der Waals surface area contributed by atoms with Crippen LogP contribution in [0.15, 0.2) is 52.3 Å². The van der Waals surface area contributed by atoms with E-state index in [1.165, 1.54) is 9.13 Å². The maximum atomic E-state index is 13.0. The second-order valence-electron chi connectivity index (χ2n) is 8.08. The Balaban J connectivity index is 1.48. The van der Waals surface area contributed by atoms with Crippen LogP contribution in [0.2, 0.25) is 0 Å². The Bertz CT molecular complexity index is 1210. The van der Waals surface area contributed by atoms with Gasteiger partial charge in [-0.25, -0.2) is 4.79 Å². The van der Waals surface area contributed by atoms with Crippen molar-refractivity contribution in [1.82, 2.24) is 14.1 Å². The number of methoxy groups -OCH3 is 1. The molecule has 0 aliphatic heterocycles. The molecule has 31 heavy (non-hydrogen) atoms. The lowest BCUT2D eigenvalue weighted by Gasteiger charge is -2.28. The lowest BCUT2D eigenvalue weighted by molar-refractivity contribution is -0.121. The maximum Gasteiger partial charge on any atom is 0.331 e. The van der Waals surface area contributed by atoms with E-state index in [1.807, 2.05) is 0 Å². The molecule has 0 atom stereocenters. The standard InChI is InChI=1S/C23H26N4O4/c1-26-20-8-7-18(31-2)13-19(20)22(29)27(23(26)30)14-15-3-5-16(6-4-15)21(28)25-17-9-11-24-12-10-17/h7-13,15-16H,3-6,14H2,1-2H3,(H,24,25,28). The molecular weight excluding hydrogens is 396 g/mol. The van der Waals surface area contributed by atoms with Crippen molar-refractivity contribution in [2.24, 2.45) is 18.9 Å². The Morgan fingerprint density at radius 1 is 1.13 bits per heavy atom. The van der Waals surface area contributed by atoms with Crippen molar-refractivity contribution in [1.29, 1.82) is 0 Å². The molecule has 2 aromatic heterocycles. The van der Waals surface area contributed by atoms with Crippen molar-refractivity contribution in [3.8, 4) is 5.75 Å². The molecule has 1 aromatic carbocycles. The number of nitrogens with zero attached hydrogens (tertiary/aromatic N) is 3. The maximum absolute atomic E-state index is 13.0. The number of carbonyl (C=O) groups is 1. The number of hydrogen-bond donors (Lipinski definition) is 1. The van der Waals surface area contributed by atoms with Crippen LogP contribution in [0, 0.1) is 11.8 Å². The SMILES string of the molecule is COc1ccc2c(c1)c(=O)n(CC1CCC(C(=O)Nc3ccncc3)CC1)c(=O)n2C. The van der Waals surface area contributed by atoms with E-state index in [2.05, 4.69) is 10.3 Å². The minimum atomic E-state index is -0.319. The first-order valence-corrected chi connectivity index (χ1v) is 10.5. The van der Waals surface area contributed by atoms with Crippen molar-refractivity contribution in [2.75, 3.05) is 12.4 Å². The average molecular weight is 422 g/mol. The summed E-state index contributed by atoms with van der Waals surface area (Å²) in [6, 6.07) is 8.67. The molecule has 4 rings (SSSR count). The van der Waals surface area contributed by atoms with Gasteiger partial charge in [-0.05, 0) is 61.9 Å². The summed E-state index contributed by atoms with van der Waals surface area (Å²) < 4.78 is 8.06. The van der Waals surface area contributed by atoms with Crippen LogP contribution in [0.25, 0.3) is 10.9 Å². The first kappa shape index (κ1) is 20.8. The normalized spacial score (nSPS) is 18.6. The second-order valence-corrected chi connectivity index (χ2v) is 8.08. The largest absolute Gasteiger partial charge is 0.497 e.